The van der Waals surface area contributed by atoms with Crippen LogP contribution in [-0.2, 0) is 28.5 Å². The van der Waals surface area contributed by atoms with Crippen LogP contribution in [0, 0.1) is 0 Å². The SMILES string of the molecule is CC(=O)N[C@H]1[C@@H](O[C@H]2[C@@H](O[C@@H]3[C@@H](O)[C@@H](O)[C@@H](CO)O[C@@H]3O)O[C@@H]([C@H](O)CO)[C@@H]2O)O[C@H](CO)[C@@H](O)[C@@H]1O. The Morgan fingerprint density at radius 3 is 1.92 bits per heavy atom. The normalized spacial score (nSPS) is 47.5. The van der Waals surface area contributed by atoms with Gasteiger partial charge in [-0.25, -0.2) is 0 Å². The predicted octanol–water partition coefficient (Wildman–Crippen LogP) is -7.43. The summed E-state index contributed by atoms with van der Waals surface area (Å²) in [5.74, 6) is -0.654. The van der Waals surface area contributed by atoms with Crippen molar-refractivity contribution in [3.63, 3.8) is 0 Å². The third-order valence-corrected chi connectivity index (χ3v) is 6.47. The minimum Gasteiger partial charge on any atom is -0.394 e. The maximum absolute atomic E-state index is 11.7. The van der Waals surface area contributed by atoms with Crippen LogP contribution in [0.2, 0.25) is 0 Å². The third kappa shape index (κ3) is 6.38. The van der Waals surface area contributed by atoms with E-state index < -0.39 is 118 Å². The second-order valence-electron chi connectivity index (χ2n) is 9.07. The van der Waals surface area contributed by atoms with Gasteiger partial charge in [0.15, 0.2) is 18.9 Å². The van der Waals surface area contributed by atoms with Gasteiger partial charge < -0.3 is 80.1 Å². The molecule has 11 N–H and O–H groups in total. The van der Waals surface area contributed by atoms with E-state index in [4.69, 9.17) is 23.7 Å². The van der Waals surface area contributed by atoms with Crippen LogP contribution < -0.4 is 5.32 Å². The lowest BCUT2D eigenvalue weighted by Gasteiger charge is -2.44. The highest BCUT2D eigenvalue weighted by Crippen LogP contribution is 2.34. The minimum atomic E-state index is -1.90. The molecule has 3 saturated heterocycles. The Balaban J connectivity index is 1.86. The van der Waals surface area contributed by atoms with Crippen LogP contribution in [0.4, 0.5) is 0 Å². The van der Waals surface area contributed by atoms with Crippen LogP contribution in [-0.4, -0.2) is 169 Å². The van der Waals surface area contributed by atoms with Gasteiger partial charge in [0.25, 0.3) is 0 Å². The maximum atomic E-state index is 11.7. The molecule has 0 aliphatic carbocycles. The van der Waals surface area contributed by atoms with Gasteiger partial charge in [-0.05, 0) is 0 Å². The number of carbonyl (C=O) groups is 1. The summed E-state index contributed by atoms with van der Waals surface area (Å²) in [6, 6.07) is -1.42. The van der Waals surface area contributed by atoms with Crippen molar-refractivity contribution in [2.45, 2.75) is 99.0 Å². The lowest BCUT2D eigenvalue weighted by molar-refractivity contribution is -0.342. The van der Waals surface area contributed by atoms with Gasteiger partial charge >= 0.3 is 0 Å². The van der Waals surface area contributed by atoms with Crippen molar-refractivity contribution in [1.82, 2.24) is 5.32 Å². The zero-order valence-electron chi connectivity index (χ0n) is 19.7. The third-order valence-electron chi connectivity index (χ3n) is 6.47. The summed E-state index contributed by atoms with van der Waals surface area (Å²) in [6.45, 7) is -1.25. The van der Waals surface area contributed by atoms with E-state index in [1.54, 1.807) is 0 Å². The molecule has 15 atom stereocenters. The predicted molar refractivity (Wildman–Crippen MR) is 113 cm³/mol. The number of hydrogen-bond donors (Lipinski definition) is 11. The fraction of sp³-hybridized carbons (Fsp3) is 0.950. The van der Waals surface area contributed by atoms with Crippen molar-refractivity contribution in [3.8, 4) is 0 Å². The molecule has 17 nitrogen and oxygen atoms in total. The van der Waals surface area contributed by atoms with E-state index in [1.165, 1.54) is 0 Å². The molecular formula is C20H35NO16. The average Bonchev–Trinajstić information content (AvgIpc) is 3.17. The molecule has 0 aromatic rings. The molecule has 37 heavy (non-hydrogen) atoms. The summed E-state index contributed by atoms with van der Waals surface area (Å²) in [7, 11) is 0. The highest BCUT2D eigenvalue weighted by molar-refractivity contribution is 5.73. The molecule has 216 valence electrons. The molecule has 0 bridgehead atoms. The van der Waals surface area contributed by atoms with Crippen molar-refractivity contribution < 1.29 is 79.5 Å². The molecule has 17 heteroatoms. The van der Waals surface area contributed by atoms with E-state index in [1.807, 2.05) is 0 Å². The number of aliphatic hydroxyl groups excluding tert-OH is 10. The minimum absolute atomic E-state index is 0.654. The van der Waals surface area contributed by atoms with Crippen molar-refractivity contribution in [2.24, 2.45) is 0 Å². The summed E-state index contributed by atoms with van der Waals surface area (Å²) >= 11 is 0. The van der Waals surface area contributed by atoms with Crippen LogP contribution in [0.25, 0.3) is 0 Å². The molecule has 0 unspecified atom stereocenters. The highest BCUT2D eigenvalue weighted by Gasteiger charge is 2.55. The monoisotopic (exact) mass is 545 g/mol. The molecule has 3 rings (SSSR count). The van der Waals surface area contributed by atoms with Gasteiger partial charge in [0.05, 0.1) is 19.8 Å². The van der Waals surface area contributed by atoms with E-state index in [9.17, 15) is 55.9 Å². The zero-order valence-corrected chi connectivity index (χ0v) is 19.7. The molecule has 3 fully saturated rings. The second kappa shape index (κ2) is 12.8. The van der Waals surface area contributed by atoms with Crippen molar-refractivity contribution >= 4 is 5.91 Å². The largest absolute Gasteiger partial charge is 0.394 e. The van der Waals surface area contributed by atoms with Gasteiger partial charge in [0, 0.05) is 6.92 Å². The molecule has 3 heterocycles. The highest BCUT2D eigenvalue weighted by atomic mass is 16.8. The summed E-state index contributed by atoms with van der Waals surface area (Å²) in [5.41, 5.74) is 0. The molecule has 0 aromatic heterocycles. The van der Waals surface area contributed by atoms with Gasteiger partial charge in [-0.3, -0.25) is 4.79 Å². The van der Waals surface area contributed by atoms with Crippen LogP contribution in [0.15, 0.2) is 0 Å². The van der Waals surface area contributed by atoms with E-state index in [-0.39, 0.29) is 0 Å². The average molecular weight is 545 g/mol. The summed E-state index contributed by atoms with van der Waals surface area (Å²) in [4.78, 5) is 11.7. The van der Waals surface area contributed by atoms with E-state index in [2.05, 4.69) is 5.32 Å². The Hall–Kier alpha value is -1.13. The zero-order chi connectivity index (χ0) is 27.6. The maximum Gasteiger partial charge on any atom is 0.217 e. The van der Waals surface area contributed by atoms with Gasteiger partial charge in [-0.1, -0.05) is 0 Å². The second-order valence-corrected chi connectivity index (χ2v) is 9.07. The van der Waals surface area contributed by atoms with Crippen molar-refractivity contribution in [2.75, 3.05) is 19.8 Å². The van der Waals surface area contributed by atoms with Crippen LogP contribution in [0.5, 0.6) is 0 Å². The topological polar surface area (TPSA) is 278 Å². The summed E-state index contributed by atoms with van der Waals surface area (Å²) in [6.07, 6.45) is -23.2. The summed E-state index contributed by atoms with van der Waals surface area (Å²) in [5, 5.41) is 103. The molecule has 0 aromatic carbocycles. The Kier molecular flexibility index (Phi) is 10.5. The Bertz CT molecular complexity index is 747. The number of carbonyl (C=O) groups excluding carboxylic acids is 1. The number of nitrogens with one attached hydrogen (secondary N) is 1. The smallest absolute Gasteiger partial charge is 0.217 e. The molecule has 0 radical (unpaired) electrons. The first kappa shape index (κ1) is 30.4. The number of amides is 1. The molecular weight excluding hydrogens is 510 g/mol. The Morgan fingerprint density at radius 1 is 0.784 bits per heavy atom. The quantitative estimate of drug-likeness (QED) is 0.128. The van der Waals surface area contributed by atoms with E-state index in [0.717, 1.165) is 6.92 Å². The first-order chi connectivity index (χ1) is 17.4. The van der Waals surface area contributed by atoms with Gasteiger partial charge in [0.2, 0.25) is 5.91 Å². The standard InChI is InChI=1S/C20H35NO16/c1-5(25)21-9-12(29)10(27)8(4-24)34-19(9)37-17-14(31)15(6(26)2-22)35-20(17)36-16-13(30)11(28)7(3-23)33-18(16)32/h6-20,22-24,26-32H,2-4H2,1H3,(H,21,25)/t6-,7-,8-,9-,10-,11+,12-,13+,14+,15+,16-,17-,18+,19-,20-/m1/s1. The van der Waals surface area contributed by atoms with E-state index in [0.29, 0.717) is 0 Å². The number of rotatable bonds is 9. The van der Waals surface area contributed by atoms with Gasteiger partial charge in [-0.2, -0.15) is 0 Å². The number of hydrogen-bond acceptors (Lipinski definition) is 16. The van der Waals surface area contributed by atoms with Crippen LogP contribution >= 0.6 is 0 Å². The Labute approximate surface area is 210 Å². The number of aliphatic hydroxyl groups is 10. The van der Waals surface area contributed by atoms with Gasteiger partial charge in [0.1, 0.15) is 73.2 Å². The molecule has 3 aliphatic heterocycles. The lowest BCUT2D eigenvalue weighted by Crippen LogP contribution is -2.65. The van der Waals surface area contributed by atoms with Crippen molar-refractivity contribution in [3.05, 3.63) is 0 Å². The molecule has 0 spiro atoms. The van der Waals surface area contributed by atoms with E-state index >= 15 is 0 Å². The fourth-order valence-corrected chi connectivity index (χ4v) is 4.45. The summed E-state index contributed by atoms with van der Waals surface area (Å²) < 4.78 is 27.2. The van der Waals surface area contributed by atoms with Gasteiger partial charge in [-0.15, -0.1) is 0 Å². The fourth-order valence-electron chi connectivity index (χ4n) is 4.45. The van der Waals surface area contributed by atoms with Crippen LogP contribution in [0.3, 0.4) is 0 Å². The molecule has 0 saturated carbocycles. The molecule has 3 aliphatic rings. The lowest BCUT2D eigenvalue weighted by atomic mass is 9.96. The van der Waals surface area contributed by atoms with Crippen molar-refractivity contribution in [1.29, 1.82) is 0 Å². The number of ether oxygens (including phenoxy) is 5. The Morgan fingerprint density at radius 2 is 1.35 bits per heavy atom. The first-order valence-corrected chi connectivity index (χ1v) is 11.6. The van der Waals surface area contributed by atoms with Crippen LogP contribution in [0.1, 0.15) is 6.92 Å². The first-order valence-electron chi connectivity index (χ1n) is 11.6. The molecule has 1 amide bonds.